The van der Waals surface area contributed by atoms with E-state index in [1.165, 1.54) is 6.92 Å². The molecule has 0 fully saturated rings. The van der Waals surface area contributed by atoms with E-state index in [0.717, 1.165) is 28.8 Å². The lowest BCUT2D eigenvalue weighted by molar-refractivity contribution is -0.144. The molecule has 4 rings (SSSR count). The van der Waals surface area contributed by atoms with Gasteiger partial charge in [-0.1, -0.05) is 0 Å². The van der Waals surface area contributed by atoms with Crippen molar-refractivity contribution in [2.24, 2.45) is 0 Å². The number of amides is 1. The number of rotatable bonds is 3. The van der Waals surface area contributed by atoms with E-state index < -0.39 is 17.9 Å². The van der Waals surface area contributed by atoms with Crippen LogP contribution in [0.25, 0.3) is 5.95 Å². The van der Waals surface area contributed by atoms with Crippen LogP contribution >= 0.6 is 0 Å². The SMILES string of the molecule is Cc1nc(C(=O)Nc2ccc3c(c2)CCCO3)nn1-c1n[nH]c(C(F)(F)F)n1. The number of hydrogen-bond donors (Lipinski definition) is 2. The van der Waals surface area contributed by atoms with Crippen LogP contribution in [0, 0.1) is 6.92 Å². The summed E-state index contributed by atoms with van der Waals surface area (Å²) in [6, 6.07) is 5.27. The zero-order valence-corrected chi connectivity index (χ0v) is 14.5. The molecule has 146 valence electrons. The van der Waals surface area contributed by atoms with Crippen molar-refractivity contribution in [1.29, 1.82) is 0 Å². The van der Waals surface area contributed by atoms with E-state index in [9.17, 15) is 18.0 Å². The molecule has 28 heavy (non-hydrogen) atoms. The Morgan fingerprint density at radius 1 is 1.32 bits per heavy atom. The minimum atomic E-state index is -4.67. The number of halogens is 3. The van der Waals surface area contributed by atoms with Crippen molar-refractivity contribution < 1.29 is 22.7 Å². The van der Waals surface area contributed by atoms with E-state index >= 15 is 0 Å². The lowest BCUT2D eigenvalue weighted by Crippen LogP contribution is -2.15. The molecule has 12 heteroatoms. The smallest absolute Gasteiger partial charge is 0.451 e. The van der Waals surface area contributed by atoms with Gasteiger partial charge in [0.15, 0.2) is 0 Å². The highest BCUT2D eigenvalue weighted by Crippen LogP contribution is 2.28. The molecule has 1 aromatic carbocycles. The number of ether oxygens (including phenoxy) is 1. The number of anilines is 1. The number of alkyl halides is 3. The van der Waals surface area contributed by atoms with E-state index in [1.807, 2.05) is 0 Å². The molecule has 1 aliphatic rings. The summed E-state index contributed by atoms with van der Waals surface area (Å²) in [7, 11) is 0. The van der Waals surface area contributed by atoms with Gasteiger partial charge in [-0.25, -0.2) is 4.98 Å². The number of aromatic amines is 1. The molecule has 3 aromatic rings. The lowest BCUT2D eigenvalue weighted by Gasteiger charge is -2.17. The summed E-state index contributed by atoms with van der Waals surface area (Å²) in [6.45, 7) is 2.14. The van der Waals surface area contributed by atoms with Crippen LogP contribution in [0.2, 0.25) is 0 Å². The van der Waals surface area contributed by atoms with E-state index in [4.69, 9.17) is 4.74 Å². The molecule has 0 unspecified atom stereocenters. The van der Waals surface area contributed by atoms with E-state index in [-0.39, 0.29) is 17.6 Å². The third-order valence-electron chi connectivity index (χ3n) is 4.07. The first kappa shape index (κ1) is 17.9. The van der Waals surface area contributed by atoms with Crippen LogP contribution < -0.4 is 10.1 Å². The molecule has 9 nitrogen and oxygen atoms in total. The van der Waals surface area contributed by atoms with Crippen LogP contribution in [0.3, 0.4) is 0 Å². The van der Waals surface area contributed by atoms with Crippen LogP contribution in [-0.2, 0) is 12.6 Å². The van der Waals surface area contributed by atoms with Crippen LogP contribution in [0.5, 0.6) is 5.75 Å². The van der Waals surface area contributed by atoms with Crippen molar-refractivity contribution in [3.8, 4) is 11.7 Å². The van der Waals surface area contributed by atoms with Gasteiger partial charge < -0.3 is 10.1 Å². The summed E-state index contributed by atoms with van der Waals surface area (Å²) in [5, 5.41) is 11.9. The maximum Gasteiger partial charge on any atom is 0.451 e. The Bertz CT molecular complexity index is 1040. The predicted molar refractivity (Wildman–Crippen MR) is 89.2 cm³/mol. The minimum Gasteiger partial charge on any atom is -0.493 e. The second-order valence-electron chi connectivity index (χ2n) is 6.10. The molecule has 1 aliphatic heterocycles. The van der Waals surface area contributed by atoms with Gasteiger partial charge in [-0.05, 0) is 43.5 Å². The molecular weight excluding hydrogens is 379 g/mol. The van der Waals surface area contributed by atoms with Crippen LogP contribution in [0.15, 0.2) is 18.2 Å². The summed E-state index contributed by atoms with van der Waals surface area (Å²) < 4.78 is 44.5. The van der Waals surface area contributed by atoms with Gasteiger partial charge in [-0.15, -0.1) is 10.2 Å². The number of hydrogen-bond acceptors (Lipinski definition) is 6. The van der Waals surface area contributed by atoms with Crippen molar-refractivity contribution in [3.05, 3.63) is 41.2 Å². The number of H-pyrrole nitrogens is 1. The molecule has 2 aromatic heterocycles. The Labute approximate surface area is 155 Å². The number of fused-ring (bicyclic) bond motifs is 1. The summed E-state index contributed by atoms with van der Waals surface area (Å²) in [6.07, 6.45) is -2.93. The predicted octanol–water partition coefficient (Wildman–Crippen LogP) is 2.29. The number of aromatic nitrogens is 6. The molecule has 0 radical (unpaired) electrons. The molecule has 0 saturated heterocycles. The second-order valence-corrected chi connectivity index (χ2v) is 6.10. The number of nitrogens with zero attached hydrogens (tertiary/aromatic N) is 5. The van der Waals surface area contributed by atoms with E-state index in [0.29, 0.717) is 12.3 Å². The van der Waals surface area contributed by atoms with Gasteiger partial charge in [0.25, 0.3) is 11.9 Å². The molecule has 0 spiro atoms. The van der Waals surface area contributed by atoms with Crippen molar-refractivity contribution >= 4 is 11.6 Å². The third-order valence-corrected chi connectivity index (χ3v) is 4.07. The van der Waals surface area contributed by atoms with Gasteiger partial charge in [0.2, 0.25) is 11.6 Å². The Morgan fingerprint density at radius 2 is 2.14 bits per heavy atom. The fraction of sp³-hybridized carbons (Fsp3) is 0.312. The number of carbonyl (C=O) groups is 1. The number of nitrogens with one attached hydrogen (secondary N) is 2. The molecule has 0 saturated carbocycles. The highest BCUT2D eigenvalue weighted by atomic mass is 19.4. The van der Waals surface area contributed by atoms with Crippen molar-refractivity contribution in [3.63, 3.8) is 0 Å². The fourth-order valence-corrected chi connectivity index (χ4v) is 2.78. The minimum absolute atomic E-state index is 0.164. The standard InChI is InChI=1S/C16H14F3N7O2/c1-8-20-12(25-26(8)15-22-14(23-24-15)16(17,18)19)13(27)21-10-4-5-11-9(7-10)3-2-6-28-11/h4-5,7H,2-3,6H2,1H3,(H,21,27)(H,22,23,24). The van der Waals surface area contributed by atoms with Gasteiger partial charge in [-0.2, -0.15) is 22.8 Å². The van der Waals surface area contributed by atoms with Crippen LogP contribution in [0.1, 0.15) is 34.3 Å². The molecule has 1 amide bonds. The first-order valence-corrected chi connectivity index (χ1v) is 8.32. The highest BCUT2D eigenvalue weighted by Gasteiger charge is 2.35. The maximum absolute atomic E-state index is 12.7. The fourth-order valence-electron chi connectivity index (χ4n) is 2.78. The number of benzene rings is 1. The van der Waals surface area contributed by atoms with Crippen molar-refractivity contribution in [2.45, 2.75) is 25.9 Å². The molecule has 2 N–H and O–H groups in total. The largest absolute Gasteiger partial charge is 0.493 e. The first-order chi connectivity index (χ1) is 13.3. The maximum atomic E-state index is 12.7. The molecule has 0 bridgehead atoms. The number of carbonyl (C=O) groups excluding carboxylic acids is 1. The first-order valence-electron chi connectivity index (χ1n) is 8.32. The van der Waals surface area contributed by atoms with Crippen molar-refractivity contribution in [1.82, 2.24) is 29.9 Å². The van der Waals surface area contributed by atoms with E-state index in [2.05, 4.69) is 25.5 Å². The zero-order chi connectivity index (χ0) is 19.9. The molecule has 0 atom stereocenters. The third kappa shape index (κ3) is 3.40. The van der Waals surface area contributed by atoms with Crippen LogP contribution in [0.4, 0.5) is 18.9 Å². The highest BCUT2D eigenvalue weighted by molar-refractivity contribution is 6.01. The lowest BCUT2D eigenvalue weighted by atomic mass is 10.1. The Kier molecular flexibility index (Phi) is 4.24. The molecule has 0 aliphatic carbocycles. The van der Waals surface area contributed by atoms with Gasteiger partial charge in [0, 0.05) is 5.69 Å². The average molecular weight is 393 g/mol. The molecule has 3 heterocycles. The summed E-state index contributed by atoms with van der Waals surface area (Å²) in [4.78, 5) is 19.8. The van der Waals surface area contributed by atoms with Crippen molar-refractivity contribution in [2.75, 3.05) is 11.9 Å². The van der Waals surface area contributed by atoms with E-state index in [1.54, 1.807) is 23.3 Å². The summed E-state index contributed by atoms with van der Waals surface area (Å²) >= 11 is 0. The quantitative estimate of drug-likeness (QED) is 0.706. The number of aryl methyl sites for hydroxylation is 2. The summed E-state index contributed by atoms with van der Waals surface area (Å²) in [5.41, 5.74) is 1.53. The molecular formula is C16H14F3N7O2. The van der Waals surface area contributed by atoms with Gasteiger partial charge in [0.05, 0.1) is 6.61 Å². The van der Waals surface area contributed by atoms with Crippen LogP contribution in [-0.4, -0.2) is 42.5 Å². The van der Waals surface area contributed by atoms with Gasteiger partial charge in [0.1, 0.15) is 11.6 Å². The monoisotopic (exact) mass is 393 g/mol. The summed E-state index contributed by atoms with van der Waals surface area (Å²) in [5.74, 6) is -1.50. The normalized spacial score (nSPS) is 13.7. The van der Waals surface area contributed by atoms with Gasteiger partial charge in [-0.3, -0.25) is 9.89 Å². The van der Waals surface area contributed by atoms with Gasteiger partial charge >= 0.3 is 6.18 Å². The topological polar surface area (TPSA) is 111 Å². The Hall–Kier alpha value is -3.44. The Morgan fingerprint density at radius 3 is 2.89 bits per heavy atom. The zero-order valence-electron chi connectivity index (χ0n) is 14.5. The average Bonchev–Trinajstić information content (AvgIpc) is 3.28. The second kappa shape index (κ2) is 6.62. The Balaban J connectivity index is 1.54.